The number of hydrogen-bond acceptors (Lipinski definition) is 5. The molecule has 7 nitrogen and oxygen atoms in total. The van der Waals surface area contributed by atoms with Crippen molar-refractivity contribution in [2.45, 2.75) is 83.8 Å². The van der Waals surface area contributed by atoms with Crippen molar-refractivity contribution in [3.05, 3.63) is 18.2 Å². The highest BCUT2D eigenvalue weighted by molar-refractivity contribution is 5.76. The molecule has 3 atom stereocenters. The fourth-order valence-corrected chi connectivity index (χ4v) is 6.07. The Morgan fingerprint density at radius 1 is 1.17 bits per heavy atom. The maximum Gasteiger partial charge on any atom is 0.248 e. The van der Waals surface area contributed by atoms with Crippen LogP contribution >= 0.6 is 0 Å². The van der Waals surface area contributed by atoms with E-state index in [1.165, 1.54) is 0 Å². The summed E-state index contributed by atoms with van der Waals surface area (Å²) in [6, 6.07) is 0. The smallest absolute Gasteiger partial charge is 0.248 e. The minimum Gasteiger partial charge on any atom is -0.391 e. The number of halogens is 2. The first-order chi connectivity index (χ1) is 17.1. The van der Waals surface area contributed by atoms with Gasteiger partial charge in [-0.15, -0.1) is 0 Å². The number of aliphatic hydroxyl groups excluding tert-OH is 1. The molecule has 3 heterocycles. The maximum absolute atomic E-state index is 13.7. The van der Waals surface area contributed by atoms with Crippen molar-refractivity contribution in [1.82, 2.24) is 19.8 Å². The molecule has 0 bridgehead atoms. The molecule has 1 saturated carbocycles. The molecule has 3 fully saturated rings. The third-order valence-corrected chi connectivity index (χ3v) is 8.66. The monoisotopic (exact) mass is 510 g/mol. The largest absolute Gasteiger partial charge is 0.391 e. The zero-order valence-electron chi connectivity index (χ0n) is 21.9. The van der Waals surface area contributed by atoms with Crippen LogP contribution in [0, 0.1) is 23.2 Å². The molecule has 9 heteroatoms. The standard InChI is InChI=1S/C27H44F2N4O3/c1-26(2)18-36-11-3-4-22-15-32(16-23-13-30-19-31-23)10-7-21(22)12-25(35)33(17-24(26)34)14-20-5-8-27(28,29)9-6-20/h13,19-22,24,34H,3-12,14-18H2,1-2H3,(H,30,31)/t21-,22-,24-/m0/s1. The second kappa shape index (κ2) is 11.9. The van der Waals surface area contributed by atoms with Gasteiger partial charge in [0, 0.05) is 69.4 Å². The van der Waals surface area contributed by atoms with Crippen molar-refractivity contribution in [2.24, 2.45) is 23.2 Å². The molecule has 2 saturated heterocycles. The highest BCUT2D eigenvalue weighted by atomic mass is 19.3. The summed E-state index contributed by atoms with van der Waals surface area (Å²) in [5.74, 6) is -1.80. The number of carbonyl (C=O) groups excluding carboxylic acids is 1. The van der Waals surface area contributed by atoms with Crippen molar-refractivity contribution in [3.63, 3.8) is 0 Å². The highest BCUT2D eigenvalue weighted by Crippen LogP contribution is 2.37. The number of fused-ring (bicyclic) bond motifs is 1. The van der Waals surface area contributed by atoms with E-state index in [0.29, 0.717) is 44.9 Å². The number of H-pyrrole nitrogens is 1. The number of rotatable bonds is 4. The predicted molar refractivity (Wildman–Crippen MR) is 133 cm³/mol. The Balaban J connectivity index is 1.46. The second-order valence-corrected chi connectivity index (χ2v) is 12.1. The number of piperidine rings is 1. The number of hydrogen-bond donors (Lipinski definition) is 2. The van der Waals surface area contributed by atoms with Crippen molar-refractivity contribution in [2.75, 3.05) is 39.4 Å². The molecule has 2 aliphatic heterocycles. The van der Waals surface area contributed by atoms with Gasteiger partial charge in [0.1, 0.15) is 0 Å². The molecule has 1 aromatic heterocycles. The zero-order valence-corrected chi connectivity index (χ0v) is 21.9. The van der Waals surface area contributed by atoms with Crippen LogP contribution in [0.15, 0.2) is 12.5 Å². The molecule has 1 aromatic rings. The number of β-amino-alcohol motifs (C(OH)–C–C–N with tert-alkyl or cyclic N) is 1. The van der Waals surface area contributed by atoms with E-state index in [-0.39, 0.29) is 37.1 Å². The molecule has 0 radical (unpaired) electrons. The number of amides is 1. The van der Waals surface area contributed by atoms with Gasteiger partial charge in [-0.2, -0.15) is 0 Å². The van der Waals surface area contributed by atoms with E-state index in [1.807, 2.05) is 20.0 Å². The van der Waals surface area contributed by atoms with Crippen LogP contribution in [0.25, 0.3) is 0 Å². The van der Waals surface area contributed by atoms with Crippen LogP contribution in [-0.4, -0.2) is 82.2 Å². The number of carbonyl (C=O) groups is 1. The molecule has 4 rings (SSSR count). The molecule has 1 aliphatic carbocycles. The van der Waals surface area contributed by atoms with Crippen LogP contribution < -0.4 is 0 Å². The first-order valence-electron chi connectivity index (χ1n) is 13.7. The number of likely N-dealkylation sites (tertiary alicyclic amines) is 1. The topological polar surface area (TPSA) is 81.7 Å². The van der Waals surface area contributed by atoms with Crippen molar-refractivity contribution in [3.8, 4) is 0 Å². The quantitative estimate of drug-likeness (QED) is 0.638. The second-order valence-electron chi connectivity index (χ2n) is 12.1. The van der Waals surface area contributed by atoms with Crippen LogP contribution in [0.1, 0.15) is 70.9 Å². The lowest BCUT2D eigenvalue weighted by Gasteiger charge is -2.40. The Hall–Kier alpha value is -1.58. The summed E-state index contributed by atoms with van der Waals surface area (Å²) in [6.07, 6.45) is 6.78. The summed E-state index contributed by atoms with van der Waals surface area (Å²) in [4.78, 5) is 25.2. The fraction of sp³-hybridized carbons (Fsp3) is 0.852. The van der Waals surface area contributed by atoms with E-state index >= 15 is 0 Å². The van der Waals surface area contributed by atoms with Gasteiger partial charge in [-0.1, -0.05) is 13.8 Å². The SMILES string of the molecule is CC1(C)COCCC[C@H]2CN(Cc3cnc[nH]3)CC[C@H]2CC(=O)N(CC2CCC(F)(F)CC2)C[C@@H]1O. The molecular weight excluding hydrogens is 466 g/mol. The van der Waals surface area contributed by atoms with Crippen LogP contribution in [0.2, 0.25) is 0 Å². The summed E-state index contributed by atoms with van der Waals surface area (Å²) >= 11 is 0. The van der Waals surface area contributed by atoms with E-state index in [2.05, 4.69) is 14.9 Å². The van der Waals surface area contributed by atoms with Crippen LogP contribution in [0.4, 0.5) is 8.78 Å². The van der Waals surface area contributed by atoms with Gasteiger partial charge < -0.3 is 19.7 Å². The number of aliphatic hydroxyl groups is 1. The lowest BCUT2D eigenvalue weighted by Crippen LogP contribution is -2.48. The van der Waals surface area contributed by atoms with Gasteiger partial charge in [0.25, 0.3) is 0 Å². The van der Waals surface area contributed by atoms with Crippen LogP contribution in [0.3, 0.4) is 0 Å². The zero-order chi connectivity index (χ0) is 25.8. The van der Waals surface area contributed by atoms with E-state index in [9.17, 15) is 18.7 Å². The first kappa shape index (κ1) is 27.5. The van der Waals surface area contributed by atoms with Crippen molar-refractivity contribution in [1.29, 1.82) is 0 Å². The lowest BCUT2D eigenvalue weighted by atomic mass is 9.80. The Morgan fingerprint density at radius 3 is 2.67 bits per heavy atom. The van der Waals surface area contributed by atoms with Crippen LogP contribution in [0.5, 0.6) is 0 Å². The Morgan fingerprint density at radius 2 is 1.94 bits per heavy atom. The number of imidazole rings is 1. The van der Waals surface area contributed by atoms with E-state index in [1.54, 1.807) is 11.2 Å². The number of aromatic nitrogens is 2. The van der Waals surface area contributed by atoms with Gasteiger partial charge in [-0.05, 0) is 56.4 Å². The average Bonchev–Trinajstić information content (AvgIpc) is 3.33. The minimum absolute atomic E-state index is 0.0550. The number of aromatic amines is 1. The van der Waals surface area contributed by atoms with Crippen molar-refractivity contribution < 1.29 is 23.4 Å². The van der Waals surface area contributed by atoms with E-state index < -0.39 is 17.4 Å². The molecular formula is C27H44F2N4O3. The van der Waals surface area contributed by atoms with Gasteiger partial charge in [-0.25, -0.2) is 13.8 Å². The van der Waals surface area contributed by atoms with Gasteiger partial charge >= 0.3 is 0 Å². The molecule has 204 valence electrons. The third-order valence-electron chi connectivity index (χ3n) is 8.66. The molecule has 36 heavy (non-hydrogen) atoms. The molecule has 2 N–H and O–H groups in total. The fourth-order valence-electron chi connectivity index (χ4n) is 6.07. The molecule has 1 amide bonds. The Labute approximate surface area is 214 Å². The van der Waals surface area contributed by atoms with Crippen LogP contribution in [-0.2, 0) is 16.1 Å². The average molecular weight is 511 g/mol. The van der Waals surface area contributed by atoms with E-state index in [4.69, 9.17) is 4.74 Å². The molecule has 0 spiro atoms. The predicted octanol–water partition coefficient (Wildman–Crippen LogP) is 4.09. The number of ether oxygens (including phenoxy) is 1. The summed E-state index contributed by atoms with van der Waals surface area (Å²) in [6.45, 7) is 8.37. The van der Waals surface area contributed by atoms with Gasteiger partial charge in [0.2, 0.25) is 11.8 Å². The Bertz CT molecular complexity index is 825. The number of nitrogens with one attached hydrogen (secondary N) is 1. The Kier molecular flexibility index (Phi) is 9.05. The molecule has 0 aromatic carbocycles. The van der Waals surface area contributed by atoms with Gasteiger partial charge in [-0.3, -0.25) is 9.69 Å². The maximum atomic E-state index is 13.7. The summed E-state index contributed by atoms with van der Waals surface area (Å²) in [5.41, 5.74) is 0.595. The number of alkyl halides is 2. The number of nitrogens with zero attached hydrogens (tertiary/aromatic N) is 3. The third kappa shape index (κ3) is 7.48. The molecule has 3 aliphatic rings. The molecule has 0 unspecified atom stereocenters. The normalized spacial score (nSPS) is 31.2. The summed E-state index contributed by atoms with van der Waals surface area (Å²) < 4.78 is 33.4. The highest BCUT2D eigenvalue weighted by Gasteiger charge is 2.39. The summed E-state index contributed by atoms with van der Waals surface area (Å²) in [7, 11) is 0. The van der Waals surface area contributed by atoms with Crippen molar-refractivity contribution >= 4 is 5.91 Å². The summed E-state index contributed by atoms with van der Waals surface area (Å²) in [5, 5.41) is 11.1. The van der Waals surface area contributed by atoms with Gasteiger partial charge in [0.15, 0.2) is 0 Å². The van der Waals surface area contributed by atoms with E-state index in [0.717, 1.165) is 44.6 Å². The minimum atomic E-state index is -2.59. The van der Waals surface area contributed by atoms with Gasteiger partial charge in [0.05, 0.1) is 19.0 Å². The lowest BCUT2D eigenvalue weighted by molar-refractivity contribution is -0.138. The first-order valence-corrected chi connectivity index (χ1v) is 13.7.